The number of quaternary nitrogens is 2. The van der Waals surface area contributed by atoms with Crippen LogP contribution >= 0.6 is 0 Å². The molecule has 0 saturated carbocycles. The van der Waals surface area contributed by atoms with E-state index in [4.69, 9.17) is 4.42 Å². The maximum absolute atomic E-state index is 12.0. The zero-order valence-electron chi connectivity index (χ0n) is 16.0. The average molecular weight is 364 g/mol. The van der Waals surface area contributed by atoms with Gasteiger partial charge in [-0.1, -0.05) is 43.3 Å². The van der Waals surface area contributed by atoms with Gasteiger partial charge in [0.1, 0.15) is 44.9 Å². The number of hydrogen-bond donors (Lipinski definition) is 2. The molecule has 0 spiro atoms. The van der Waals surface area contributed by atoms with Crippen molar-refractivity contribution in [1.82, 2.24) is 0 Å². The van der Waals surface area contributed by atoms with E-state index >= 15 is 0 Å². The fourth-order valence-corrected chi connectivity index (χ4v) is 4.11. The number of rotatable bonds is 5. The van der Waals surface area contributed by atoms with Crippen LogP contribution in [0.3, 0.4) is 0 Å². The Bertz CT molecular complexity index is 957. The highest BCUT2D eigenvalue weighted by Crippen LogP contribution is 2.18. The van der Waals surface area contributed by atoms with Gasteiger partial charge in [0, 0.05) is 22.6 Å². The van der Waals surface area contributed by atoms with Crippen molar-refractivity contribution in [3.05, 3.63) is 81.7 Å². The SMILES string of the molecule is CCc1ccc2oc(=O)cc(C[NH+]3CC[NH+](Cc4ccccc4)CC3)c2c1. The van der Waals surface area contributed by atoms with Crippen LogP contribution in [0.5, 0.6) is 0 Å². The second kappa shape index (κ2) is 8.07. The number of nitrogens with one attached hydrogen (secondary N) is 2. The van der Waals surface area contributed by atoms with Crippen molar-refractivity contribution in [3.8, 4) is 0 Å². The smallest absolute Gasteiger partial charge is 0.336 e. The number of piperazine rings is 1. The van der Waals surface area contributed by atoms with Crippen molar-refractivity contribution in [1.29, 1.82) is 0 Å². The Hall–Kier alpha value is -2.43. The topological polar surface area (TPSA) is 39.1 Å². The molecule has 1 aliphatic heterocycles. The molecule has 2 heterocycles. The summed E-state index contributed by atoms with van der Waals surface area (Å²) in [6.07, 6.45) is 0.989. The maximum Gasteiger partial charge on any atom is 0.336 e. The van der Waals surface area contributed by atoms with Gasteiger partial charge in [-0.05, 0) is 24.1 Å². The molecule has 1 fully saturated rings. The van der Waals surface area contributed by atoms with Crippen LogP contribution in [0, 0.1) is 0 Å². The Balaban J connectivity index is 1.45. The monoisotopic (exact) mass is 364 g/mol. The van der Waals surface area contributed by atoms with Crippen LogP contribution in [0.4, 0.5) is 0 Å². The van der Waals surface area contributed by atoms with Crippen LogP contribution in [0.1, 0.15) is 23.6 Å². The maximum atomic E-state index is 12.0. The lowest BCUT2D eigenvalue weighted by atomic mass is 10.0. The lowest BCUT2D eigenvalue weighted by molar-refractivity contribution is -1.02. The predicted molar refractivity (Wildman–Crippen MR) is 107 cm³/mol. The Morgan fingerprint density at radius 2 is 1.56 bits per heavy atom. The minimum atomic E-state index is -0.241. The van der Waals surface area contributed by atoms with Gasteiger partial charge < -0.3 is 14.2 Å². The molecular formula is C23H28N2O2+2. The molecule has 4 rings (SSSR count). The molecule has 1 aliphatic rings. The summed E-state index contributed by atoms with van der Waals surface area (Å²) >= 11 is 0. The van der Waals surface area contributed by atoms with Crippen LogP contribution < -0.4 is 15.4 Å². The highest BCUT2D eigenvalue weighted by molar-refractivity contribution is 5.80. The summed E-state index contributed by atoms with van der Waals surface area (Å²) in [5, 5.41) is 1.10. The molecule has 0 bridgehead atoms. The van der Waals surface area contributed by atoms with Crippen LogP contribution in [-0.4, -0.2) is 26.2 Å². The van der Waals surface area contributed by atoms with Gasteiger partial charge in [-0.2, -0.15) is 0 Å². The van der Waals surface area contributed by atoms with E-state index in [1.54, 1.807) is 15.9 Å². The van der Waals surface area contributed by atoms with E-state index in [1.165, 1.54) is 24.2 Å². The van der Waals surface area contributed by atoms with Gasteiger partial charge in [0.2, 0.25) is 0 Å². The third kappa shape index (κ3) is 4.29. The van der Waals surface area contributed by atoms with Crippen molar-refractivity contribution < 1.29 is 14.2 Å². The molecular weight excluding hydrogens is 336 g/mol. The van der Waals surface area contributed by atoms with Crippen molar-refractivity contribution in [2.45, 2.75) is 26.4 Å². The lowest BCUT2D eigenvalue weighted by Crippen LogP contribution is -3.27. The van der Waals surface area contributed by atoms with Crippen molar-refractivity contribution >= 4 is 11.0 Å². The summed E-state index contributed by atoms with van der Waals surface area (Å²) in [6, 6.07) is 18.6. The molecule has 0 aliphatic carbocycles. The molecule has 0 atom stereocenters. The molecule has 1 aromatic heterocycles. The Labute approximate surface area is 160 Å². The predicted octanol–water partition coefficient (Wildman–Crippen LogP) is 0.839. The molecule has 0 amide bonds. The van der Waals surface area contributed by atoms with Crippen LogP contribution in [0.25, 0.3) is 11.0 Å². The van der Waals surface area contributed by atoms with Crippen LogP contribution in [-0.2, 0) is 19.5 Å². The molecule has 3 aromatic rings. The van der Waals surface area contributed by atoms with Gasteiger partial charge in [-0.25, -0.2) is 4.79 Å². The van der Waals surface area contributed by atoms with E-state index < -0.39 is 0 Å². The lowest BCUT2D eigenvalue weighted by Gasteiger charge is -2.30. The second-order valence-electron chi connectivity index (χ2n) is 7.61. The Morgan fingerprint density at radius 3 is 2.26 bits per heavy atom. The molecule has 1 saturated heterocycles. The summed E-state index contributed by atoms with van der Waals surface area (Å²) in [5.74, 6) is 0. The highest BCUT2D eigenvalue weighted by atomic mass is 16.4. The fraction of sp³-hybridized carbons (Fsp3) is 0.348. The molecule has 2 N–H and O–H groups in total. The first-order valence-corrected chi connectivity index (χ1v) is 9.98. The summed E-state index contributed by atoms with van der Waals surface area (Å²) < 4.78 is 5.41. The first-order valence-electron chi connectivity index (χ1n) is 9.98. The third-order valence-corrected chi connectivity index (χ3v) is 5.70. The second-order valence-corrected chi connectivity index (χ2v) is 7.61. The van der Waals surface area contributed by atoms with Gasteiger partial charge >= 0.3 is 5.63 Å². The largest absolute Gasteiger partial charge is 0.423 e. The van der Waals surface area contributed by atoms with Gasteiger partial charge in [0.15, 0.2) is 0 Å². The molecule has 0 radical (unpaired) electrons. The van der Waals surface area contributed by atoms with E-state index in [2.05, 4.69) is 43.3 Å². The molecule has 27 heavy (non-hydrogen) atoms. The zero-order chi connectivity index (χ0) is 18.6. The molecule has 0 unspecified atom stereocenters. The van der Waals surface area contributed by atoms with Gasteiger partial charge in [-0.3, -0.25) is 0 Å². The first-order chi connectivity index (χ1) is 13.2. The summed E-state index contributed by atoms with van der Waals surface area (Å²) in [4.78, 5) is 15.2. The van der Waals surface area contributed by atoms with Crippen molar-refractivity contribution in [3.63, 3.8) is 0 Å². The number of aryl methyl sites for hydroxylation is 1. The number of hydrogen-bond acceptors (Lipinski definition) is 2. The van der Waals surface area contributed by atoms with Gasteiger partial charge in [0.05, 0.1) is 0 Å². The Kier molecular flexibility index (Phi) is 5.37. The first kappa shape index (κ1) is 18.0. The van der Waals surface area contributed by atoms with Crippen LogP contribution in [0.15, 0.2) is 63.8 Å². The molecule has 4 heteroatoms. The fourth-order valence-electron chi connectivity index (χ4n) is 4.11. The van der Waals surface area contributed by atoms with E-state index in [0.717, 1.165) is 43.5 Å². The third-order valence-electron chi connectivity index (χ3n) is 5.70. The van der Waals surface area contributed by atoms with Crippen LogP contribution in [0.2, 0.25) is 0 Å². The van der Waals surface area contributed by atoms with Gasteiger partial charge in [-0.15, -0.1) is 0 Å². The van der Waals surface area contributed by atoms with Crippen molar-refractivity contribution in [2.75, 3.05) is 26.2 Å². The summed E-state index contributed by atoms with van der Waals surface area (Å²) in [7, 11) is 0. The normalized spacial score (nSPS) is 20.0. The minimum Gasteiger partial charge on any atom is -0.423 e. The summed E-state index contributed by atoms with van der Waals surface area (Å²) in [6.45, 7) is 8.77. The molecule has 4 nitrogen and oxygen atoms in total. The van der Waals surface area contributed by atoms with E-state index in [9.17, 15) is 4.79 Å². The van der Waals surface area contributed by atoms with Gasteiger partial charge in [0.25, 0.3) is 0 Å². The number of fused-ring (bicyclic) bond motifs is 1. The quantitative estimate of drug-likeness (QED) is 0.659. The standard InChI is InChI=1S/C23H26N2O2/c1-2-18-8-9-22-21(14-18)20(15-23(26)27-22)17-25-12-10-24(11-13-25)16-19-6-4-3-5-7-19/h3-9,14-15H,2,10-13,16-17H2,1H3/p+2. The minimum absolute atomic E-state index is 0.241. The highest BCUT2D eigenvalue weighted by Gasteiger charge is 2.24. The molecule has 140 valence electrons. The average Bonchev–Trinajstić information content (AvgIpc) is 2.70. The zero-order valence-corrected chi connectivity index (χ0v) is 16.0. The number of benzene rings is 2. The van der Waals surface area contributed by atoms with E-state index in [-0.39, 0.29) is 5.63 Å². The van der Waals surface area contributed by atoms with Crippen molar-refractivity contribution in [2.24, 2.45) is 0 Å². The van der Waals surface area contributed by atoms with E-state index in [0.29, 0.717) is 5.58 Å². The molecule has 2 aromatic carbocycles. The Morgan fingerprint density at radius 1 is 0.852 bits per heavy atom. The van der Waals surface area contributed by atoms with E-state index in [1.807, 2.05) is 12.1 Å². The summed E-state index contributed by atoms with van der Waals surface area (Å²) in [5.41, 5.74) is 4.29.